The summed E-state index contributed by atoms with van der Waals surface area (Å²) in [5.74, 6) is 0.0208. The molecule has 2 aromatic heterocycles. The Balaban J connectivity index is 2.40. The maximum atomic E-state index is 13.5. The predicted molar refractivity (Wildman–Crippen MR) is 66.7 cm³/mol. The molecule has 0 spiro atoms. The van der Waals surface area contributed by atoms with Crippen LogP contribution in [0.15, 0.2) is 23.4 Å². The summed E-state index contributed by atoms with van der Waals surface area (Å²) in [6.45, 7) is 4.05. The lowest BCUT2D eigenvalue weighted by Crippen LogP contribution is -2.25. The molecule has 0 N–H and O–H groups in total. The predicted octanol–water partition coefficient (Wildman–Crippen LogP) is 1.22. The van der Waals surface area contributed by atoms with Crippen LogP contribution in [0.25, 0.3) is 0 Å². The summed E-state index contributed by atoms with van der Waals surface area (Å²) in [6.07, 6.45) is 2.86. The summed E-state index contributed by atoms with van der Waals surface area (Å²) in [6, 6.07) is 1.18. The van der Waals surface area contributed by atoms with E-state index in [4.69, 9.17) is 4.74 Å². The van der Waals surface area contributed by atoms with Crippen LogP contribution in [0.5, 0.6) is 5.75 Å². The van der Waals surface area contributed by atoms with Crippen molar-refractivity contribution in [3.8, 4) is 5.75 Å². The third-order valence-corrected chi connectivity index (χ3v) is 2.70. The maximum Gasteiger partial charge on any atom is 0.287 e. The van der Waals surface area contributed by atoms with E-state index in [2.05, 4.69) is 10.1 Å². The van der Waals surface area contributed by atoms with Crippen molar-refractivity contribution >= 4 is 0 Å². The quantitative estimate of drug-likeness (QED) is 0.834. The summed E-state index contributed by atoms with van der Waals surface area (Å²) >= 11 is 0. The van der Waals surface area contributed by atoms with E-state index in [1.807, 2.05) is 13.8 Å². The van der Waals surface area contributed by atoms with Gasteiger partial charge in [0.15, 0.2) is 5.82 Å². The number of halogens is 1. The van der Waals surface area contributed by atoms with Crippen molar-refractivity contribution in [2.45, 2.75) is 26.4 Å². The number of hydrogen-bond donors (Lipinski definition) is 0. The Morgan fingerprint density at radius 1 is 1.47 bits per heavy atom. The summed E-state index contributed by atoms with van der Waals surface area (Å²) < 4.78 is 21.3. The fourth-order valence-electron chi connectivity index (χ4n) is 1.77. The van der Waals surface area contributed by atoms with Crippen molar-refractivity contribution in [3.05, 3.63) is 40.6 Å². The normalized spacial score (nSPS) is 11.0. The van der Waals surface area contributed by atoms with E-state index in [0.29, 0.717) is 5.82 Å². The molecular formula is C12H15FN4O2. The highest BCUT2D eigenvalue weighted by Gasteiger charge is 2.12. The average molecular weight is 266 g/mol. The number of hydrogen-bond acceptors (Lipinski definition) is 4. The zero-order valence-corrected chi connectivity index (χ0v) is 11.0. The van der Waals surface area contributed by atoms with E-state index < -0.39 is 11.4 Å². The second-order valence-electron chi connectivity index (χ2n) is 4.38. The molecule has 19 heavy (non-hydrogen) atoms. The van der Waals surface area contributed by atoms with Gasteiger partial charge in [0, 0.05) is 18.3 Å². The Bertz CT molecular complexity index is 633. The second kappa shape index (κ2) is 5.21. The first-order valence-electron chi connectivity index (χ1n) is 5.85. The number of methoxy groups -OCH3 is 1. The molecule has 0 saturated carbocycles. The summed E-state index contributed by atoms with van der Waals surface area (Å²) in [5, 5.41) is 4.07. The summed E-state index contributed by atoms with van der Waals surface area (Å²) in [5.41, 5.74) is -0.709. The van der Waals surface area contributed by atoms with Crippen molar-refractivity contribution in [1.29, 1.82) is 0 Å². The van der Waals surface area contributed by atoms with Gasteiger partial charge in [0.25, 0.3) is 5.56 Å². The van der Waals surface area contributed by atoms with Gasteiger partial charge >= 0.3 is 0 Å². The lowest BCUT2D eigenvalue weighted by atomic mass is 10.4. The Morgan fingerprint density at radius 3 is 2.84 bits per heavy atom. The van der Waals surface area contributed by atoms with Gasteiger partial charge in [-0.3, -0.25) is 4.79 Å². The maximum absolute atomic E-state index is 13.5. The number of rotatable bonds is 4. The van der Waals surface area contributed by atoms with Crippen molar-refractivity contribution in [2.24, 2.45) is 0 Å². The smallest absolute Gasteiger partial charge is 0.287 e. The number of aromatic nitrogens is 4. The first-order chi connectivity index (χ1) is 9.02. The van der Waals surface area contributed by atoms with Crippen molar-refractivity contribution in [3.63, 3.8) is 0 Å². The average Bonchev–Trinajstić information content (AvgIpc) is 2.82. The minimum atomic E-state index is -0.852. The first kappa shape index (κ1) is 13.3. The minimum Gasteiger partial charge on any atom is -0.495 e. The highest BCUT2D eigenvalue weighted by molar-refractivity contribution is 5.18. The lowest BCUT2D eigenvalue weighted by molar-refractivity contribution is 0.401. The molecule has 0 bridgehead atoms. The van der Waals surface area contributed by atoms with E-state index in [9.17, 15) is 9.18 Å². The largest absolute Gasteiger partial charge is 0.495 e. The number of ether oxygens (including phenoxy) is 1. The minimum absolute atomic E-state index is 0.114. The molecule has 2 rings (SSSR count). The molecule has 0 aromatic carbocycles. The SMILES string of the molecule is COc1cc(F)c(=O)n(Cc2ncnn2C(C)C)c1. The van der Waals surface area contributed by atoms with Crippen LogP contribution in [-0.4, -0.2) is 26.4 Å². The molecule has 0 aliphatic heterocycles. The van der Waals surface area contributed by atoms with Crippen LogP contribution in [0, 0.1) is 5.82 Å². The molecule has 0 aliphatic carbocycles. The Labute approximate surface area is 109 Å². The molecule has 7 heteroatoms. The molecule has 2 aromatic rings. The van der Waals surface area contributed by atoms with E-state index in [1.54, 1.807) is 4.68 Å². The standard InChI is InChI=1S/C12H15FN4O2/c1-8(2)17-11(14-7-15-17)6-16-5-9(19-3)4-10(13)12(16)18/h4-5,7-8H,6H2,1-3H3. The molecule has 0 saturated heterocycles. The molecule has 0 radical (unpaired) electrons. The van der Waals surface area contributed by atoms with Crippen LogP contribution >= 0.6 is 0 Å². The van der Waals surface area contributed by atoms with Gasteiger partial charge in [-0.2, -0.15) is 5.10 Å². The number of pyridine rings is 1. The van der Waals surface area contributed by atoms with Crippen LogP contribution in [0.2, 0.25) is 0 Å². The molecule has 0 atom stereocenters. The molecule has 2 heterocycles. The monoisotopic (exact) mass is 266 g/mol. The van der Waals surface area contributed by atoms with E-state index in [-0.39, 0.29) is 18.3 Å². The Hall–Kier alpha value is -2.18. The van der Waals surface area contributed by atoms with Gasteiger partial charge in [-0.25, -0.2) is 14.1 Å². The highest BCUT2D eigenvalue weighted by Crippen LogP contribution is 2.11. The second-order valence-corrected chi connectivity index (χ2v) is 4.38. The summed E-state index contributed by atoms with van der Waals surface area (Å²) in [4.78, 5) is 15.8. The molecule has 102 valence electrons. The van der Waals surface area contributed by atoms with Gasteiger partial charge in [0.05, 0.1) is 13.7 Å². The van der Waals surface area contributed by atoms with Gasteiger partial charge in [-0.15, -0.1) is 0 Å². The Morgan fingerprint density at radius 2 is 2.21 bits per heavy atom. The molecule has 0 fully saturated rings. The van der Waals surface area contributed by atoms with Crippen LogP contribution < -0.4 is 10.3 Å². The lowest BCUT2D eigenvalue weighted by Gasteiger charge is -2.11. The van der Waals surface area contributed by atoms with Gasteiger partial charge in [0.2, 0.25) is 0 Å². The van der Waals surface area contributed by atoms with Crippen LogP contribution in [0.4, 0.5) is 4.39 Å². The first-order valence-corrected chi connectivity index (χ1v) is 5.85. The van der Waals surface area contributed by atoms with E-state index >= 15 is 0 Å². The van der Waals surface area contributed by atoms with E-state index in [1.165, 1.54) is 24.2 Å². The van der Waals surface area contributed by atoms with Crippen LogP contribution in [-0.2, 0) is 6.54 Å². The highest BCUT2D eigenvalue weighted by atomic mass is 19.1. The molecular weight excluding hydrogens is 251 g/mol. The van der Waals surface area contributed by atoms with Gasteiger partial charge in [0.1, 0.15) is 17.9 Å². The zero-order valence-electron chi connectivity index (χ0n) is 11.0. The van der Waals surface area contributed by atoms with Crippen molar-refractivity contribution < 1.29 is 9.13 Å². The van der Waals surface area contributed by atoms with Gasteiger partial charge in [-0.1, -0.05) is 0 Å². The fraction of sp³-hybridized carbons (Fsp3) is 0.417. The van der Waals surface area contributed by atoms with Gasteiger partial charge < -0.3 is 9.30 Å². The third kappa shape index (κ3) is 2.64. The van der Waals surface area contributed by atoms with Crippen molar-refractivity contribution in [1.82, 2.24) is 19.3 Å². The molecule has 6 nitrogen and oxygen atoms in total. The summed E-state index contributed by atoms with van der Waals surface area (Å²) in [7, 11) is 1.42. The third-order valence-electron chi connectivity index (χ3n) is 2.70. The van der Waals surface area contributed by atoms with Crippen LogP contribution in [0.1, 0.15) is 25.7 Å². The topological polar surface area (TPSA) is 61.9 Å². The molecule has 0 aliphatic rings. The van der Waals surface area contributed by atoms with E-state index in [0.717, 1.165) is 6.07 Å². The van der Waals surface area contributed by atoms with Crippen LogP contribution in [0.3, 0.4) is 0 Å². The Kier molecular flexibility index (Phi) is 3.64. The molecule has 0 unspecified atom stereocenters. The van der Waals surface area contributed by atoms with Crippen molar-refractivity contribution in [2.75, 3.05) is 7.11 Å². The number of nitrogens with zero attached hydrogens (tertiary/aromatic N) is 4. The van der Waals surface area contributed by atoms with Gasteiger partial charge in [-0.05, 0) is 13.8 Å². The fourth-order valence-corrected chi connectivity index (χ4v) is 1.77. The zero-order chi connectivity index (χ0) is 14.0. The molecule has 0 amide bonds.